The van der Waals surface area contributed by atoms with Gasteiger partial charge in [0.15, 0.2) is 0 Å². The van der Waals surface area contributed by atoms with Gasteiger partial charge in [-0.3, -0.25) is 4.79 Å². The minimum Gasteiger partial charge on any atom is -0.352 e. The van der Waals surface area contributed by atoms with E-state index in [1.165, 1.54) is 0 Å². The minimum absolute atomic E-state index is 0.260. The van der Waals surface area contributed by atoms with Gasteiger partial charge in [0.2, 0.25) is 5.91 Å². The van der Waals surface area contributed by atoms with Crippen LogP contribution in [0.4, 0.5) is 4.79 Å². The molecule has 0 fully saturated rings. The van der Waals surface area contributed by atoms with E-state index >= 15 is 0 Å². The summed E-state index contributed by atoms with van der Waals surface area (Å²) in [5, 5.41) is 7.63. The zero-order valence-corrected chi connectivity index (χ0v) is 15.0. The number of rotatable bonds is 8. The van der Waals surface area contributed by atoms with Gasteiger partial charge in [-0.15, -0.1) is 0 Å². The number of nitrogens with two attached hydrogens (primary N) is 2. The van der Waals surface area contributed by atoms with Crippen LogP contribution in [0.5, 0.6) is 0 Å². The predicted molar refractivity (Wildman–Crippen MR) is 103 cm³/mol. The molecule has 2 rings (SSSR count). The lowest BCUT2D eigenvalue weighted by atomic mass is 10.0. The van der Waals surface area contributed by atoms with Crippen molar-refractivity contribution in [3.63, 3.8) is 0 Å². The van der Waals surface area contributed by atoms with E-state index in [2.05, 4.69) is 10.6 Å². The van der Waals surface area contributed by atoms with E-state index in [-0.39, 0.29) is 18.5 Å². The van der Waals surface area contributed by atoms with E-state index in [1.807, 2.05) is 48.7 Å². The van der Waals surface area contributed by atoms with Crippen LogP contribution >= 0.6 is 11.8 Å². The molecule has 6 N–H and O–H groups in total. The number of hydrogen-bond acceptors (Lipinski definition) is 4. The van der Waals surface area contributed by atoms with E-state index in [1.54, 1.807) is 11.8 Å². The summed E-state index contributed by atoms with van der Waals surface area (Å²) in [4.78, 5) is 23.7. The summed E-state index contributed by atoms with van der Waals surface area (Å²) >= 11 is 1.60. The lowest BCUT2D eigenvalue weighted by Gasteiger charge is -2.22. The minimum atomic E-state index is -0.712. The molecule has 0 saturated carbocycles. The number of nitrogens with one attached hydrogen (secondary N) is 2. The number of hydrogen-bond donors (Lipinski definition) is 4. The SMILES string of the molecule is CSCCC(NC(N)=O)C(=O)NC(CN)c1ccc2ccccc2c1. The van der Waals surface area contributed by atoms with Crippen LogP contribution < -0.4 is 22.1 Å². The van der Waals surface area contributed by atoms with Gasteiger partial charge in [-0.2, -0.15) is 11.8 Å². The fourth-order valence-corrected chi connectivity index (χ4v) is 3.12. The maximum absolute atomic E-state index is 12.5. The molecule has 0 bridgehead atoms. The first kappa shape index (κ1) is 19.1. The number of benzene rings is 2. The molecule has 2 atom stereocenters. The highest BCUT2D eigenvalue weighted by atomic mass is 32.2. The number of fused-ring (bicyclic) bond motifs is 1. The van der Waals surface area contributed by atoms with Crippen LogP contribution in [-0.2, 0) is 4.79 Å². The average molecular weight is 360 g/mol. The Balaban J connectivity index is 2.14. The predicted octanol–water partition coefficient (Wildman–Crippen LogP) is 1.75. The number of carbonyl (C=O) groups excluding carboxylic acids is 2. The molecule has 0 radical (unpaired) electrons. The van der Waals surface area contributed by atoms with Crippen molar-refractivity contribution >= 4 is 34.5 Å². The molecule has 0 aliphatic heterocycles. The normalized spacial score (nSPS) is 13.2. The summed E-state index contributed by atoms with van der Waals surface area (Å²) in [6.07, 6.45) is 2.45. The zero-order chi connectivity index (χ0) is 18.2. The Bertz CT molecular complexity index is 738. The molecule has 2 unspecified atom stereocenters. The van der Waals surface area contributed by atoms with Gasteiger partial charge in [0, 0.05) is 6.54 Å². The van der Waals surface area contributed by atoms with Gasteiger partial charge in [-0.1, -0.05) is 36.4 Å². The summed E-state index contributed by atoms with van der Waals surface area (Å²) in [6.45, 7) is 0.260. The Morgan fingerprint density at radius 2 is 1.84 bits per heavy atom. The van der Waals surface area contributed by atoms with Crippen LogP contribution in [0.2, 0.25) is 0 Å². The standard InChI is InChI=1S/C18H24N4O2S/c1-25-9-8-15(22-18(20)24)17(23)21-16(11-19)14-7-6-12-4-2-3-5-13(12)10-14/h2-7,10,15-16H,8-9,11,19H2,1H3,(H,21,23)(H3,20,22,24). The van der Waals surface area contributed by atoms with Gasteiger partial charge in [0.1, 0.15) is 6.04 Å². The molecule has 0 aliphatic carbocycles. The Morgan fingerprint density at radius 1 is 1.12 bits per heavy atom. The lowest BCUT2D eigenvalue weighted by Crippen LogP contribution is -2.50. The largest absolute Gasteiger partial charge is 0.352 e. The smallest absolute Gasteiger partial charge is 0.312 e. The Morgan fingerprint density at radius 3 is 2.48 bits per heavy atom. The van der Waals surface area contributed by atoms with Crippen molar-refractivity contribution in [2.45, 2.75) is 18.5 Å². The van der Waals surface area contributed by atoms with Gasteiger partial charge >= 0.3 is 6.03 Å². The van der Waals surface area contributed by atoms with Crippen LogP contribution in [0.25, 0.3) is 10.8 Å². The zero-order valence-electron chi connectivity index (χ0n) is 14.2. The molecule has 0 aliphatic rings. The van der Waals surface area contributed by atoms with E-state index in [4.69, 9.17) is 11.5 Å². The van der Waals surface area contributed by atoms with Crippen LogP contribution in [0.3, 0.4) is 0 Å². The van der Waals surface area contributed by atoms with Crippen molar-refractivity contribution in [1.82, 2.24) is 10.6 Å². The maximum Gasteiger partial charge on any atom is 0.312 e. The van der Waals surface area contributed by atoms with Crippen LogP contribution in [0, 0.1) is 0 Å². The molecule has 3 amide bonds. The highest BCUT2D eigenvalue weighted by molar-refractivity contribution is 7.98. The molecular formula is C18H24N4O2S. The Hall–Kier alpha value is -2.25. The molecule has 2 aromatic carbocycles. The van der Waals surface area contributed by atoms with Crippen LogP contribution in [0.1, 0.15) is 18.0 Å². The fourth-order valence-electron chi connectivity index (χ4n) is 2.65. The fraction of sp³-hybridized carbons (Fsp3) is 0.333. The summed E-state index contributed by atoms with van der Waals surface area (Å²) < 4.78 is 0. The number of amides is 3. The van der Waals surface area contributed by atoms with Crippen molar-refractivity contribution < 1.29 is 9.59 Å². The summed E-state index contributed by atoms with van der Waals surface area (Å²) in [5.41, 5.74) is 12.0. The van der Waals surface area contributed by atoms with E-state index in [9.17, 15) is 9.59 Å². The van der Waals surface area contributed by atoms with Crippen molar-refractivity contribution in [3.05, 3.63) is 48.0 Å². The quantitative estimate of drug-likeness (QED) is 0.575. The topological polar surface area (TPSA) is 110 Å². The third kappa shape index (κ3) is 5.37. The molecule has 0 saturated heterocycles. The van der Waals surface area contributed by atoms with Crippen molar-refractivity contribution in [2.75, 3.05) is 18.6 Å². The molecule has 0 spiro atoms. The molecule has 7 heteroatoms. The molecule has 2 aromatic rings. The molecular weight excluding hydrogens is 336 g/mol. The Kier molecular flexibility index (Phi) is 7.09. The summed E-state index contributed by atoms with van der Waals surface area (Å²) in [5.74, 6) is 0.457. The summed E-state index contributed by atoms with van der Waals surface area (Å²) in [6, 6.07) is 12.3. The average Bonchev–Trinajstić information content (AvgIpc) is 2.62. The number of carbonyl (C=O) groups is 2. The van der Waals surface area contributed by atoms with Gasteiger partial charge < -0.3 is 22.1 Å². The van der Waals surface area contributed by atoms with Gasteiger partial charge in [-0.25, -0.2) is 4.79 Å². The second kappa shape index (κ2) is 9.29. The van der Waals surface area contributed by atoms with Crippen LogP contribution in [0.15, 0.2) is 42.5 Å². The van der Waals surface area contributed by atoms with E-state index in [0.717, 1.165) is 22.1 Å². The molecule has 25 heavy (non-hydrogen) atoms. The van der Waals surface area contributed by atoms with Gasteiger partial charge in [0.25, 0.3) is 0 Å². The van der Waals surface area contributed by atoms with E-state index in [0.29, 0.717) is 6.42 Å². The first-order chi connectivity index (χ1) is 12.0. The van der Waals surface area contributed by atoms with Crippen molar-refractivity contribution in [2.24, 2.45) is 11.5 Å². The highest BCUT2D eigenvalue weighted by Gasteiger charge is 2.22. The number of thioether (sulfide) groups is 1. The third-order valence-corrected chi connectivity index (χ3v) is 4.62. The second-order valence-electron chi connectivity index (χ2n) is 5.75. The van der Waals surface area contributed by atoms with Crippen molar-refractivity contribution in [3.8, 4) is 0 Å². The summed E-state index contributed by atoms with van der Waals surface area (Å²) in [7, 11) is 0. The molecule has 0 heterocycles. The van der Waals surface area contributed by atoms with E-state index < -0.39 is 12.1 Å². The van der Waals surface area contributed by atoms with Crippen molar-refractivity contribution in [1.29, 1.82) is 0 Å². The van der Waals surface area contributed by atoms with Gasteiger partial charge in [0.05, 0.1) is 6.04 Å². The molecule has 0 aromatic heterocycles. The van der Waals surface area contributed by atoms with Crippen LogP contribution in [-0.4, -0.2) is 36.5 Å². The first-order valence-corrected chi connectivity index (χ1v) is 9.48. The monoisotopic (exact) mass is 360 g/mol. The highest BCUT2D eigenvalue weighted by Crippen LogP contribution is 2.20. The Labute approximate surface area is 151 Å². The molecule has 6 nitrogen and oxygen atoms in total. The second-order valence-corrected chi connectivity index (χ2v) is 6.73. The maximum atomic E-state index is 12.5. The number of urea groups is 1. The lowest BCUT2D eigenvalue weighted by molar-refractivity contribution is -0.123. The third-order valence-electron chi connectivity index (χ3n) is 3.97. The van der Waals surface area contributed by atoms with Gasteiger partial charge in [-0.05, 0) is 40.8 Å². The number of primary amides is 1. The first-order valence-electron chi connectivity index (χ1n) is 8.09. The molecule has 134 valence electrons.